The van der Waals surface area contributed by atoms with E-state index < -0.39 is 5.54 Å². The zero-order valence-corrected chi connectivity index (χ0v) is 21.3. The summed E-state index contributed by atoms with van der Waals surface area (Å²) >= 11 is 0. The number of anilines is 3. The Bertz CT molecular complexity index is 1400. The maximum atomic E-state index is 12.3. The molecule has 0 bridgehead atoms. The molecule has 5 heterocycles. The summed E-state index contributed by atoms with van der Waals surface area (Å²) in [4.78, 5) is 26.5. The molecule has 3 aliphatic heterocycles. The molecule has 6 rings (SSSR count). The minimum atomic E-state index is -0.560. The van der Waals surface area contributed by atoms with Crippen LogP contribution in [0.25, 0.3) is 0 Å². The van der Waals surface area contributed by atoms with Crippen LogP contribution in [0.1, 0.15) is 53.5 Å². The highest BCUT2D eigenvalue weighted by atomic mass is 16.5. The number of carbonyl (C=O) groups is 1. The third-order valence-electron chi connectivity index (χ3n) is 7.16. The standard InChI is InChI=1S/C28H30N6O4/c1-27(2)24-18(25(36)33-27)8-9-22(32-24)31-23-12-20(30-21(14-35)17-6-4-3-5-7-17)19(13-29-23)26-34-28(16-38-26)10-11-37-15-28/h3-9,12-13,21,35H,10-11,14-16H2,1-2H3,(H,33,36)(H2,29,30,31,32)/t21-,28?/m1/s1. The van der Waals surface area contributed by atoms with Gasteiger partial charge in [0, 0.05) is 25.3 Å². The van der Waals surface area contributed by atoms with Gasteiger partial charge < -0.3 is 30.5 Å². The maximum Gasteiger partial charge on any atom is 0.253 e. The second kappa shape index (κ2) is 9.38. The summed E-state index contributed by atoms with van der Waals surface area (Å²) < 4.78 is 11.6. The minimum Gasteiger partial charge on any atom is -0.475 e. The number of ether oxygens (including phenoxy) is 2. The van der Waals surface area contributed by atoms with Crippen molar-refractivity contribution in [1.82, 2.24) is 15.3 Å². The van der Waals surface area contributed by atoms with Gasteiger partial charge in [0.15, 0.2) is 0 Å². The topological polar surface area (TPSA) is 130 Å². The lowest BCUT2D eigenvalue weighted by Gasteiger charge is -2.21. The quantitative estimate of drug-likeness (QED) is 0.378. The summed E-state index contributed by atoms with van der Waals surface area (Å²) in [7, 11) is 0. The van der Waals surface area contributed by atoms with Gasteiger partial charge in [0.05, 0.1) is 47.3 Å². The molecule has 10 heteroatoms. The molecule has 1 fully saturated rings. The molecule has 0 radical (unpaired) electrons. The Morgan fingerprint density at radius 3 is 2.71 bits per heavy atom. The molecule has 1 amide bonds. The fourth-order valence-corrected chi connectivity index (χ4v) is 5.07. The molecule has 1 aromatic carbocycles. The Balaban J connectivity index is 1.34. The van der Waals surface area contributed by atoms with Crippen LogP contribution in [-0.2, 0) is 15.0 Å². The minimum absolute atomic E-state index is 0.109. The summed E-state index contributed by atoms with van der Waals surface area (Å²) in [5.41, 5.74) is 2.69. The monoisotopic (exact) mass is 514 g/mol. The predicted molar refractivity (Wildman–Crippen MR) is 143 cm³/mol. The molecule has 1 spiro atoms. The average Bonchev–Trinajstić information content (AvgIpc) is 3.62. The van der Waals surface area contributed by atoms with E-state index >= 15 is 0 Å². The zero-order valence-electron chi connectivity index (χ0n) is 21.3. The Kier molecular flexibility index (Phi) is 6.00. The fourth-order valence-electron chi connectivity index (χ4n) is 5.07. The Labute approximate surface area is 220 Å². The molecule has 3 aromatic rings. The molecule has 0 saturated carbocycles. The first-order valence-electron chi connectivity index (χ1n) is 12.7. The average molecular weight is 515 g/mol. The van der Waals surface area contributed by atoms with E-state index in [0.29, 0.717) is 59.9 Å². The molecule has 4 N–H and O–H groups in total. The van der Waals surface area contributed by atoms with Crippen LogP contribution >= 0.6 is 0 Å². The van der Waals surface area contributed by atoms with Crippen molar-refractivity contribution in [2.75, 3.05) is 37.1 Å². The van der Waals surface area contributed by atoms with Gasteiger partial charge in [0.25, 0.3) is 5.91 Å². The summed E-state index contributed by atoms with van der Waals surface area (Å²) in [6, 6.07) is 14.8. The number of nitrogens with one attached hydrogen (secondary N) is 3. The molecule has 38 heavy (non-hydrogen) atoms. The summed E-state index contributed by atoms with van der Waals surface area (Å²) in [6.07, 6.45) is 2.52. The third kappa shape index (κ3) is 4.46. The van der Waals surface area contributed by atoms with Gasteiger partial charge in [-0.25, -0.2) is 15.0 Å². The van der Waals surface area contributed by atoms with Gasteiger partial charge in [-0.2, -0.15) is 0 Å². The number of aliphatic hydroxyl groups excluding tert-OH is 1. The summed E-state index contributed by atoms with van der Waals surface area (Å²) in [5.74, 6) is 1.49. The lowest BCUT2D eigenvalue weighted by Crippen LogP contribution is -2.33. The second-order valence-electron chi connectivity index (χ2n) is 10.4. The number of fused-ring (bicyclic) bond motifs is 1. The Hall–Kier alpha value is -4.02. The first-order chi connectivity index (χ1) is 18.4. The van der Waals surface area contributed by atoms with E-state index in [9.17, 15) is 9.90 Å². The van der Waals surface area contributed by atoms with E-state index in [0.717, 1.165) is 12.0 Å². The second-order valence-corrected chi connectivity index (χ2v) is 10.4. The van der Waals surface area contributed by atoms with Crippen LogP contribution < -0.4 is 16.0 Å². The van der Waals surface area contributed by atoms with Gasteiger partial charge in [-0.15, -0.1) is 0 Å². The molecular weight excluding hydrogens is 484 g/mol. The number of aliphatic hydroxyl groups is 1. The zero-order chi connectivity index (χ0) is 26.3. The first-order valence-corrected chi connectivity index (χ1v) is 12.7. The highest BCUT2D eigenvalue weighted by molar-refractivity contribution is 6.01. The number of hydrogen-bond donors (Lipinski definition) is 4. The number of amides is 1. The predicted octanol–water partition coefficient (Wildman–Crippen LogP) is 3.28. The fraction of sp³-hybridized carbons (Fsp3) is 0.357. The Morgan fingerprint density at radius 1 is 1.11 bits per heavy atom. The molecule has 2 atom stereocenters. The van der Waals surface area contributed by atoms with Gasteiger partial charge in [0.2, 0.25) is 5.90 Å². The van der Waals surface area contributed by atoms with Crippen molar-refractivity contribution in [3.63, 3.8) is 0 Å². The van der Waals surface area contributed by atoms with E-state index in [1.165, 1.54) is 0 Å². The van der Waals surface area contributed by atoms with E-state index in [-0.39, 0.29) is 24.1 Å². The smallest absolute Gasteiger partial charge is 0.253 e. The van der Waals surface area contributed by atoms with Crippen LogP contribution in [0, 0.1) is 0 Å². The van der Waals surface area contributed by atoms with Gasteiger partial charge in [0.1, 0.15) is 23.8 Å². The highest BCUT2D eigenvalue weighted by Gasteiger charge is 2.41. The number of rotatable bonds is 7. The number of aliphatic imine (C=N–C) groups is 1. The normalized spacial score (nSPS) is 22.0. The van der Waals surface area contributed by atoms with Crippen LogP contribution in [0.4, 0.5) is 17.3 Å². The molecule has 10 nitrogen and oxygen atoms in total. The molecule has 196 valence electrons. The van der Waals surface area contributed by atoms with Crippen LogP contribution in [0.2, 0.25) is 0 Å². The number of carbonyl (C=O) groups excluding carboxylic acids is 1. The van der Waals surface area contributed by atoms with Gasteiger partial charge in [-0.05, 0) is 31.5 Å². The van der Waals surface area contributed by atoms with Gasteiger partial charge in [-0.3, -0.25) is 4.79 Å². The SMILES string of the molecule is CC1(C)NC(=O)c2ccc(Nc3cc(N[C@H](CO)c4ccccc4)c(C4=NC5(CCOC5)CO4)cn3)nc21. The molecular formula is C28H30N6O4. The van der Waals surface area contributed by atoms with Crippen LogP contribution in [0.15, 0.2) is 59.7 Å². The molecule has 3 aliphatic rings. The first kappa shape index (κ1) is 24.3. The lowest BCUT2D eigenvalue weighted by atomic mass is 10.0. The van der Waals surface area contributed by atoms with Crippen molar-refractivity contribution in [3.05, 3.63) is 77.1 Å². The van der Waals surface area contributed by atoms with E-state index in [2.05, 4.69) is 20.9 Å². The summed E-state index contributed by atoms with van der Waals surface area (Å²) in [5, 5.41) is 19.9. The van der Waals surface area contributed by atoms with Crippen molar-refractivity contribution in [1.29, 1.82) is 0 Å². The number of pyridine rings is 2. The summed E-state index contributed by atoms with van der Waals surface area (Å²) in [6.45, 7) is 5.40. The van der Waals surface area contributed by atoms with Crippen LogP contribution in [0.5, 0.6) is 0 Å². The van der Waals surface area contributed by atoms with Crippen LogP contribution in [-0.4, -0.2) is 58.8 Å². The van der Waals surface area contributed by atoms with Crippen LogP contribution in [0.3, 0.4) is 0 Å². The van der Waals surface area contributed by atoms with Crippen molar-refractivity contribution >= 4 is 29.1 Å². The van der Waals surface area contributed by atoms with Crippen molar-refractivity contribution < 1.29 is 19.4 Å². The lowest BCUT2D eigenvalue weighted by molar-refractivity contribution is 0.0940. The number of benzene rings is 1. The maximum absolute atomic E-state index is 12.3. The third-order valence-corrected chi connectivity index (χ3v) is 7.16. The number of hydrogen-bond acceptors (Lipinski definition) is 9. The van der Waals surface area contributed by atoms with E-state index in [4.69, 9.17) is 19.5 Å². The molecule has 0 aliphatic carbocycles. The van der Waals surface area contributed by atoms with E-state index in [1.807, 2.05) is 50.2 Å². The highest BCUT2D eigenvalue weighted by Crippen LogP contribution is 2.34. The van der Waals surface area contributed by atoms with Crippen molar-refractivity contribution in [3.8, 4) is 0 Å². The largest absolute Gasteiger partial charge is 0.475 e. The molecule has 1 unspecified atom stereocenters. The van der Waals surface area contributed by atoms with Gasteiger partial charge in [-0.1, -0.05) is 30.3 Å². The molecule has 1 saturated heterocycles. The molecule has 2 aromatic heterocycles. The van der Waals surface area contributed by atoms with Crippen molar-refractivity contribution in [2.45, 2.75) is 37.4 Å². The number of aromatic nitrogens is 2. The van der Waals surface area contributed by atoms with E-state index in [1.54, 1.807) is 18.3 Å². The Morgan fingerprint density at radius 2 is 1.95 bits per heavy atom. The van der Waals surface area contributed by atoms with Crippen molar-refractivity contribution in [2.24, 2.45) is 4.99 Å². The van der Waals surface area contributed by atoms with Gasteiger partial charge >= 0.3 is 0 Å². The number of nitrogens with zero attached hydrogens (tertiary/aromatic N) is 3.